The van der Waals surface area contributed by atoms with Gasteiger partial charge in [0.25, 0.3) is 5.91 Å². The summed E-state index contributed by atoms with van der Waals surface area (Å²) in [5, 5.41) is 2.70. The third-order valence-electron chi connectivity index (χ3n) is 5.64. The van der Waals surface area contributed by atoms with Crippen LogP contribution in [0.15, 0.2) is 41.3 Å². The molecule has 1 unspecified atom stereocenters. The Balaban J connectivity index is 1.41. The molecule has 2 aliphatic heterocycles. The fourth-order valence-electron chi connectivity index (χ4n) is 3.74. The van der Waals surface area contributed by atoms with E-state index < -0.39 is 28.0 Å². The summed E-state index contributed by atoms with van der Waals surface area (Å²) in [4.78, 5) is 25.0. The molecule has 0 saturated carbocycles. The molecule has 2 aromatic carbocycles. The second-order valence-corrected chi connectivity index (χ2v) is 9.84. The molecule has 0 bridgehead atoms. The maximum atomic E-state index is 13.0. The van der Waals surface area contributed by atoms with E-state index >= 15 is 0 Å². The zero-order chi connectivity index (χ0) is 24.3. The maximum Gasteiger partial charge on any atom is 0.338 e. The first kappa shape index (κ1) is 23.8. The Morgan fingerprint density at radius 2 is 1.82 bits per heavy atom. The number of ether oxygens (including phenoxy) is 4. The molecule has 0 aromatic heterocycles. The van der Waals surface area contributed by atoms with E-state index in [1.54, 1.807) is 18.2 Å². The number of amides is 1. The number of nitrogens with zero attached hydrogens (tertiary/aromatic N) is 1. The number of rotatable bonds is 8. The smallest absolute Gasteiger partial charge is 0.338 e. The zero-order valence-corrected chi connectivity index (χ0v) is 19.7. The molecular formula is C23H26N2O8S. The standard InChI is InChI=1S/C23H26N2O8S/c1-15(22(26)24-13-16-5-7-18-20(11-16)32-14-31-18)33-23(27)17-6-8-19(30-2)21(12-17)34(28,29)25-9-3-4-10-25/h5-8,11-12,15H,3-4,9-10,13-14H2,1-2H3,(H,24,26). The molecule has 0 radical (unpaired) electrons. The molecule has 34 heavy (non-hydrogen) atoms. The number of benzene rings is 2. The van der Waals surface area contributed by atoms with Gasteiger partial charge in [0.1, 0.15) is 10.6 Å². The van der Waals surface area contributed by atoms with Gasteiger partial charge in [-0.15, -0.1) is 0 Å². The average Bonchev–Trinajstić information content (AvgIpc) is 3.54. The van der Waals surface area contributed by atoms with Gasteiger partial charge in [0.15, 0.2) is 17.6 Å². The third-order valence-corrected chi connectivity index (χ3v) is 7.56. The maximum absolute atomic E-state index is 13.0. The first-order chi connectivity index (χ1) is 16.3. The van der Waals surface area contributed by atoms with Crippen molar-refractivity contribution in [1.29, 1.82) is 0 Å². The van der Waals surface area contributed by atoms with Gasteiger partial charge in [-0.2, -0.15) is 4.31 Å². The molecule has 0 spiro atoms. The minimum Gasteiger partial charge on any atom is -0.495 e. The van der Waals surface area contributed by atoms with Gasteiger partial charge in [-0.1, -0.05) is 6.07 Å². The molecule has 11 heteroatoms. The molecular weight excluding hydrogens is 464 g/mol. The Hall–Kier alpha value is -3.31. The summed E-state index contributed by atoms with van der Waals surface area (Å²) >= 11 is 0. The van der Waals surface area contributed by atoms with Gasteiger partial charge in [-0.25, -0.2) is 13.2 Å². The predicted molar refractivity (Wildman–Crippen MR) is 120 cm³/mol. The van der Waals surface area contributed by atoms with Crippen LogP contribution in [-0.2, 0) is 26.1 Å². The van der Waals surface area contributed by atoms with Crippen LogP contribution in [0.2, 0.25) is 0 Å². The molecule has 2 aliphatic rings. The van der Waals surface area contributed by atoms with E-state index in [0.29, 0.717) is 24.6 Å². The summed E-state index contributed by atoms with van der Waals surface area (Å²) in [6.07, 6.45) is 0.465. The second kappa shape index (κ2) is 9.90. The van der Waals surface area contributed by atoms with Crippen LogP contribution in [0.5, 0.6) is 17.2 Å². The molecule has 1 atom stereocenters. The molecule has 1 fully saturated rings. The fraction of sp³-hybridized carbons (Fsp3) is 0.391. The highest BCUT2D eigenvalue weighted by molar-refractivity contribution is 7.89. The summed E-state index contributed by atoms with van der Waals surface area (Å²) in [5.41, 5.74) is 0.803. The summed E-state index contributed by atoms with van der Waals surface area (Å²) in [6, 6.07) is 9.35. The SMILES string of the molecule is COc1ccc(C(=O)OC(C)C(=O)NCc2ccc3c(c2)OCO3)cc1S(=O)(=O)N1CCCC1. The number of carbonyl (C=O) groups is 2. The van der Waals surface area contributed by atoms with E-state index in [0.717, 1.165) is 18.4 Å². The first-order valence-electron chi connectivity index (χ1n) is 10.8. The topological polar surface area (TPSA) is 120 Å². The average molecular weight is 491 g/mol. The van der Waals surface area contributed by atoms with Crippen molar-refractivity contribution >= 4 is 21.9 Å². The molecule has 1 N–H and O–H groups in total. The monoisotopic (exact) mass is 490 g/mol. The molecule has 1 amide bonds. The van der Waals surface area contributed by atoms with Gasteiger partial charge in [-0.05, 0) is 55.7 Å². The molecule has 182 valence electrons. The van der Waals surface area contributed by atoms with E-state index in [1.165, 1.54) is 36.5 Å². The van der Waals surface area contributed by atoms with E-state index in [4.69, 9.17) is 18.9 Å². The van der Waals surface area contributed by atoms with Crippen LogP contribution in [0, 0.1) is 0 Å². The molecule has 4 rings (SSSR count). The van der Waals surface area contributed by atoms with Crippen molar-refractivity contribution in [3.63, 3.8) is 0 Å². The quantitative estimate of drug-likeness (QED) is 0.559. The van der Waals surface area contributed by atoms with Crippen LogP contribution < -0.4 is 19.5 Å². The number of hydrogen-bond donors (Lipinski definition) is 1. The third kappa shape index (κ3) is 4.95. The number of methoxy groups -OCH3 is 1. The second-order valence-electron chi connectivity index (χ2n) is 7.93. The lowest BCUT2D eigenvalue weighted by Gasteiger charge is -2.18. The van der Waals surface area contributed by atoms with Gasteiger partial charge in [0.2, 0.25) is 16.8 Å². The molecule has 2 aromatic rings. The molecule has 10 nitrogen and oxygen atoms in total. The van der Waals surface area contributed by atoms with Crippen LogP contribution in [0.1, 0.15) is 35.7 Å². The lowest BCUT2D eigenvalue weighted by atomic mass is 10.2. The molecule has 2 heterocycles. The largest absolute Gasteiger partial charge is 0.495 e. The van der Waals surface area contributed by atoms with E-state index in [-0.39, 0.29) is 29.5 Å². The number of nitrogens with one attached hydrogen (secondary N) is 1. The lowest BCUT2D eigenvalue weighted by Crippen LogP contribution is -2.35. The van der Waals surface area contributed by atoms with Crippen molar-refractivity contribution in [1.82, 2.24) is 9.62 Å². The fourth-order valence-corrected chi connectivity index (χ4v) is 5.44. The van der Waals surface area contributed by atoms with Crippen molar-refractivity contribution in [2.24, 2.45) is 0 Å². The molecule has 0 aliphatic carbocycles. The van der Waals surface area contributed by atoms with Crippen LogP contribution in [0.4, 0.5) is 0 Å². The summed E-state index contributed by atoms with van der Waals surface area (Å²) < 4.78 is 48.5. The predicted octanol–water partition coefficient (Wildman–Crippen LogP) is 2.07. The summed E-state index contributed by atoms with van der Waals surface area (Å²) in [5.74, 6) is 0.0714. The number of sulfonamides is 1. The van der Waals surface area contributed by atoms with Crippen LogP contribution in [0.25, 0.3) is 0 Å². The normalized spacial score (nSPS) is 16.2. The Kier molecular flexibility index (Phi) is 6.94. The van der Waals surface area contributed by atoms with Gasteiger partial charge < -0.3 is 24.3 Å². The molecule has 1 saturated heterocycles. The number of hydrogen-bond acceptors (Lipinski definition) is 8. The zero-order valence-electron chi connectivity index (χ0n) is 18.9. The Morgan fingerprint density at radius 3 is 2.56 bits per heavy atom. The minimum atomic E-state index is -3.82. The van der Waals surface area contributed by atoms with Crippen LogP contribution in [-0.4, -0.2) is 57.7 Å². The van der Waals surface area contributed by atoms with Crippen molar-refractivity contribution in [2.45, 2.75) is 37.3 Å². The highest BCUT2D eigenvalue weighted by Gasteiger charge is 2.31. The van der Waals surface area contributed by atoms with E-state index in [2.05, 4.69) is 5.32 Å². The Labute approximate surface area is 197 Å². The van der Waals surface area contributed by atoms with Gasteiger partial charge >= 0.3 is 5.97 Å². The van der Waals surface area contributed by atoms with Gasteiger partial charge in [-0.3, -0.25) is 4.79 Å². The highest BCUT2D eigenvalue weighted by Crippen LogP contribution is 2.32. The van der Waals surface area contributed by atoms with Gasteiger partial charge in [0.05, 0.1) is 12.7 Å². The summed E-state index contributed by atoms with van der Waals surface area (Å²) in [7, 11) is -2.46. The Bertz CT molecular complexity index is 1190. The van der Waals surface area contributed by atoms with Crippen LogP contribution >= 0.6 is 0 Å². The number of carbonyl (C=O) groups excluding carboxylic acids is 2. The van der Waals surface area contributed by atoms with E-state index in [1.807, 2.05) is 0 Å². The van der Waals surface area contributed by atoms with Crippen molar-refractivity contribution in [3.8, 4) is 17.2 Å². The van der Waals surface area contributed by atoms with Crippen molar-refractivity contribution in [3.05, 3.63) is 47.5 Å². The number of esters is 1. The first-order valence-corrected chi connectivity index (χ1v) is 12.3. The van der Waals surface area contributed by atoms with E-state index in [9.17, 15) is 18.0 Å². The Morgan fingerprint density at radius 1 is 1.09 bits per heavy atom. The lowest BCUT2D eigenvalue weighted by molar-refractivity contribution is -0.129. The van der Waals surface area contributed by atoms with Crippen molar-refractivity contribution < 1.29 is 37.0 Å². The van der Waals surface area contributed by atoms with Gasteiger partial charge in [0, 0.05) is 19.6 Å². The highest BCUT2D eigenvalue weighted by atomic mass is 32.2. The van der Waals surface area contributed by atoms with Crippen LogP contribution in [0.3, 0.4) is 0 Å². The number of fused-ring (bicyclic) bond motifs is 1. The minimum absolute atomic E-state index is 0.00833. The summed E-state index contributed by atoms with van der Waals surface area (Å²) in [6.45, 7) is 2.64. The van der Waals surface area contributed by atoms with Crippen molar-refractivity contribution in [2.75, 3.05) is 27.0 Å².